The van der Waals surface area contributed by atoms with Gasteiger partial charge < -0.3 is 0 Å². The first kappa shape index (κ1) is 16.8. The van der Waals surface area contributed by atoms with Crippen molar-refractivity contribution in [3.05, 3.63) is 10.8 Å². The molecule has 0 aliphatic rings. The fourth-order valence-electron chi connectivity index (χ4n) is 1.98. The normalized spacial score (nSPS) is 13.3. The van der Waals surface area contributed by atoms with E-state index in [0.29, 0.717) is 5.69 Å². The van der Waals surface area contributed by atoms with Crippen molar-refractivity contribution in [3.63, 3.8) is 0 Å². The molecular weight excluding hydrogens is 307 g/mol. The maximum absolute atomic E-state index is 11.8. The molecular formula is C12H20Cl2N2O2S. The summed E-state index contributed by atoms with van der Waals surface area (Å²) in [5, 5.41) is 4.52. The maximum Gasteiger partial charge on any atom is 0.266 e. The number of nitrogens with zero attached hydrogens (tertiary/aromatic N) is 2. The minimum atomic E-state index is -3.92. The van der Waals surface area contributed by atoms with Gasteiger partial charge in [-0.1, -0.05) is 46.2 Å². The third kappa shape index (κ3) is 3.44. The zero-order chi connectivity index (χ0) is 15.0. The monoisotopic (exact) mass is 326 g/mol. The highest BCUT2D eigenvalue weighted by Crippen LogP contribution is 2.37. The molecule has 0 radical (unpaired) electrons. The summed E-state index contributed by atoms with van der Waals surface area (Å²) in [4.78, 5) is -0.0600. The lowest BCUT2D eigenvalue weighted by Gasteiger charge is -2.17. The molecule has 0 saturated carbocycles. The second kappa shape index (κ2) is 5.62. The van der Waals surface area contributed by atoms with Crippen LogP contribution in [0.1, 0.15) is 59.2 Å². The van der Waals surface area contributed by atoms with Crippen molar-refractivity contribution in [2.45, 2.75) is 63.8 Å². The van der Waals surface area contributed by atoms with Crippen LogP contribution in [0.3, 0.4) is 0 Å². The molecule has 4 nitrogen and oxygen atoms in total. The molecule has 0 spiro atoms. The number of halogens is 2. The molecule has 0 N–H and O–H groups in total. The Morgan fingerprint density at radius 3 is 2.00 bits per heavy atom. The minimum Gasteiger partial charge on any atom is -0.249 e. The maximum atomic E-state index is 11.8. The Balaban J connectivity index is 3.62. The lowest BCUT2D eigenvalue weighted by molar-refractivity contribution is 0.417. The Morgan fingerprint density at radius 2 is 1.74 bits per heavy atom. The molecule has 7 heteroatoms. The van der Waals surface area contributed by atoms with Gasteiger partial charge in [0.1, 0.15) is 10.0 Å². The molecule has 1 aromatic heterocycles. The van der Waals surface area contributed by atoms with Gasteiger partial charge in [0.2, 0.25) is 0 Å². The van der Waals surface area contributed by atoms with Gasteiger partial charge >= 0.3 is 0 Å². The van der Waals surface area contributed by atoms with Crippen molar-refractivity contribution in [3.8, 4) is 0 Å². The van der Waals surface area contributed by atoms with Crippen LogP contribution >= 0.6 is 22.3 Å². The average Bonchev–Trinajstić information content (AvgIpc) is 2.58. The molecule has 0 aliphatic carbocycles. The molecule has 110 valence electrons. The molecule has 0 atom stereocenters. The molecule has 1 rings (SSSR count). The summed E-state index contributed by atoms with van der Waals surface area (Å²) in [7, 11) is 1.59. The number of aromatic nitrogens is 2. The molecule has 0 saturated heterocycles. The largest absolute Gasteiger partial charge is 0.266 e. The highest BCUT2D eigenvalue weighted by atomic mass is 35.7. The van der Waals surface area contributed by atoms with E-state index in [-0.39, 0.29) is 16.1 Å². The SMILES string of the molecule is CCC(CC)n1nc(C(C)(C)C)c(S(=O)(=O)Cl)c1Cl. The Labute approximate surface area is 124 Å². The van der Waals surface area contributed by atoms with Crippen LogP contribution in [0.5, 0.6) is 0 Å². The molecule has 19 heavy (non-hydrogen) atoms. The van der Waals surface area contributed by atoms with Crippen LogP contribution in [-0.2, 0) is 14.5 Å². The van der Waals surface area contributed by atoms with Crippen LogP contribution < -0.4 is 0 Å². The predicted octanol–water partition coefficient (Wildman–Crippen LogP) is 4.12. The van der Waals surface area contributed by atoms with E-state index in [9.17, 15) is 8.42 Å². The first-order valence-corrected chi connectivity index (χ1v) is 8.95. The van der Waals surface area contributed by atoms with Gasteiger partial charge in [0.05, 0.1) is 11.7 Å². The third-order valence-electron chi connectivity index (χ3n) is 3.05. The van der Waals surface area contributed by atoms with E-state index in [2.05, 4.69) is 5.10 Å². The van der Waals surface area contributed by atoms with E-state index < -0.39 is 14.5 Å². The van der Waals surface area contributed by atoms with Crippen LogP contribution in [0.2, 0.25) is 5.15 Å². The van der Waals surface area contributed by atoms with Gasteiger partial charge in [0.25, 0.3) is 9.05 Å². The van der Waals surface area contributed by atoms with E-state index in [1.807, 2.05) is 34.6 Å². The molecule has 0 bridgehead atoms. The van der Waals surface area contributed by atoms with E-state index in [1.54, 1.807) is 4.68 Å². The highest BCUT2D eigenvalue weighted by Gasteiger charge is 2.33. The van der Waals surface area contributed by atoms with Crippen LogP contribution in [0, 0.1) is 0 Å². The van der Waals surface area contributed by atoms with Gasteiger partial charge in [-0.3, -0.25) is 0 Å². The second-order valence-electron chi connectivity index (χ2n) is 5.57. The van der Waals surface area contributed by atoms with E-state index in [1.165, 1.54) is 0 Å². The van der Waals surface area contributed by atoms with Crippen molar-refractivity contribution < 1.29 is 8.42 Å². The van der Waals surface area contributed by atoms with Crippen molar-refractivity contribution in [1.82, 2.24) is 9.78 Å². The zero-order valence-electron chi connectivity index (χ0n) is 11.9. The fourth-order valence-corrected chi connectivity index (χ4v) is 3.98. The van der Waals surface area contributed by atoms with Crippen molar-refractivity contribution >= 4 is 31.3 Å². The highest BCUT2D eigenvalue weighted by molar-refractivity contribution is 8.13. The van der Waals surface area contributed by atoms with Gasteiger partial charge in [-0.15, -0.1) is 0 Å². The van der Waals surface area contributed by atoms with Gasteiger partial charge in [-0.2, -0.15) is 5.10 Å². The lowest BCUT2D eigenvalue weighted by atomic mass is 9.92. The van der Waals surface area contributed by atoms with Gasteiger partial charge in [0.15, 0.2) is 0 Å². The van der Waals surface area contributed by atoms with E-state index in [4.69, 9.17) is 22.3 Å². The van der Waals surface area contributed by atoms with Crippen molar-refractivity contribution in [2.75, 3.05) is 0 Å². The van der Waals surface area contributed by atoms with Crippen molar-refractivity contribution in [1.29, 1.82) is 0 Å². The molecule has 1 aromatic rings. The van der Waals surface area contributed by atoms with Gasteiger partial charge in [-0.25, -0.2) is 13.1 Å². The third-order valence-corrected chi connectivity index (χ3v) is 4.87. The smallest absolute Gasteiger partial charge is 0.249 e. The van der Waals surface area contributed by atoms with Crippen LogP contribution in [0.15, 0.2) is 4.90 Å². The number of rotatable bonds is 4. The fraction of sp³-hybridized carbons (Fsp3) is 0.750. The first-order valence-electron chi connectivity index (χ1n) is 6.27. The predicted molar refractivity (Wildman–Crippen MR) is 78.6 cm³/mol. The lowest BCUT2D eigenvalue weighted by Crippen LogP contribution is -2.16. The summed E-state index contributed by atoms with van der Waals surface area (Å²) >= 11 is 6.21. The molecule has 0 aromatic carbocycles. The summed E-state index contributed by atoms with van der Waals surface area (Å²) in [6, 6.07) is 0.0702. The van der Waals surface area contributed by atoms with E-state index >= 15 is 0 Å². The number of hydrogen-bond acceptors (Lipinski definition) is 3. The Bertz CT molecular complexity index is 555. The van der Waals surface area contributed by atoms with Gasteiger partial charge in [-0.05, 0) is 12.8 Å². The quantitative estimate of drug-likeness (QED) is 0.782. The van der Waals surface area contributed by atoms with E-state index in [0.717, 1.165) is 12.8 Å². The summed E-state index contributed by atoms with van der Waals surface area (Å²) in [6.07, 6.45) is 1.65. The van der Waals surface area contributed by atoms with Crippen molar-refractivity contribution in [2.24, 2.45) is 0 Å². The zero-order valence-corrected chi connectivity index (χ0v) is 14.2. The first-order chi connectivity index (χ1) is 8.54. The second-order valence-corrected chi connectivity index (χ2v) is 8.43. The topological polar surface area (TPSA) is 52.0 Å². The Hall–Kier alpha value is -0.260. The van der Waals surface area contributed by atoms with Crippen LogP contribution in [-0.4, -0.2) is 18.2 Å². The number of hydrogen-bond donors (Lipinski definition) is 0. The summed E-state index contributed by atoms with van der Waals surface area (Å²) in [5.74, 6) is 0. The van der Waals surface area contributed by atoms with Gasteiger partial charge in [0, 0.05) is 16.1 Å². The van der Waals surface area contributed by atoms with Crippen LogP contribution in [0.25, 0.3) is 0 Å². The summed E-state index contributed by atoms with van der Waals surface area (Å²) < 4.78 is 25.1. The molecule has 0 amide bonds. The average molecular weight is 327 g/mol. The standard InChI is InChI=1S/C12H20Cl2N2O2S/c1-6-8(7-2)16-11(13)9(19(14,17)18)10(15-16)12(3,4)5/h8H,6-7H2,1-5H3. The Kier molecular flexibility index (Phi) is 4.97. The summed E-state index contributed by atoms with van der Waals surface area (Å²) in [6.45, 7) is 9.67. The van der Waals surface area contributed by atoms with Crippen LogP contribution in [0.4, 0.5) is 0 Å². The molecule has 0 unspecified atom stereocenters. The molecule has 0 fully saturated rings. The summed E-state index contributed by atoms with van der Waals surface area (Å²) in [5.41, 5.74) is -0.0301. The minimum absolute atomic E-state index is 0.0600. The molecule has 0 aliphatic heterocycles. The molecule has 1 heterocycles. The Morgan fingerprint density at radius 1 is 1.26 bits per heavy atom.